The average molecular weight is 371 g/mol. The summed E-state index contributed by atoms with van der Waals surface area (Å²) in [6.45, 7) is 0. The van der Waals surface area contributed by atoms with E-state index in [0.29, 0.717) is 16.6 Å². The lowest BCUT2D eigenvalue weighted by atomic mass is 10.8. The first-order valence-corrected chi connectivity index (χ1v) is 8.81. The molecule has 0 radical (unpaired) electrons. The molecule has 2 N–H and O–H groups in total. The Morgan fingerprint density at radius 2 is 1.68 bits per heavy atom. The highest BCUT2D eigenvalue weighted by molar-refractivity contribution is 8.19. The van der Waals surface area contributed by atoms with E-state index in [1.165, 1.54) is 53.3 Å². The second-order valence-corrected chi connectivity index (χ2v) is 9.18. The SMILES string of the molecule is COC(=O)C(Sc1n[nH]c(=S)s1)Sc1n[nH]c(=S)s1. The van der Waals surface area contributed by atoms with Gasteiger partial charge in [-0.05, 0) is 24.4 Å². The van der Waals surface area contributed by atoms with E-state index >= 15 is 0 Å². The van der Waals surface area contributed by atoms with Crippen LogP contribution in [0.2, 0.25) is 0 Å². The molecule has 0 saturated heterocycles. The molecule has 0 aromatic carbocycles. The number of carbonyl (C=O) groups is 1. The first-order valence-electron chi connectivity index (χ1n) is 4.60. The number of thioether (sulfide) groups is 2. The van der Waals surface area contributed by atoms with Crippen molar-refractivity contribution in [1.82, 2.24) is 20.4 Å². The summed E-state index contributed by atoms with van der Waals surface area (Å²) in [7, 11) is 1.34. The number of methoxy groups -OCH3 is 1. The first kappa shape index (κ1) is 15.1. The highest BCUT2D eigenvalue weighted by Crippen LogP contribution is 2.37. The molecule has 12 heteroatoms. The Balaban J connectivity index is 2.14. The van der Waals surface area contributed by atoms with Crippen LogP contribution in [0.5, 0.6) is 0 Å². The monoisotopic (exact) mass is 370 g/mol. The third-order valence-electron chi connectivity index (χ3n) is 1.65. The summed E-state index contributed by atoms with van der Waals surface area (Å²) in [5.74, 6) is -0.364. The number of rotatable bonds is 5. The van der Waals surface area contributed by atoms with Crippen molar-refractivity contribution in [3.63, 3.8) is 0 Å². The van der Waals surface area contributed by atoms with Crippen molar-refractivity contribution >= 4 is 76.6 Å². The van der Waals surface area contributed by atoms with Gasteiger partial charge in [-0.1, -0.05) is 46.2 Å². The summed E-state index contributed by atoms with van der Waals surface area (Å²) >= 11 is 15.0. The highest BCUT2D eigenvalue weighted by Gasteiger charge is 2.25. The number of carbonyl (C=O) groups excluding carboxylic acids is 1. The van der Waals surface area contributed by atoms with Gasteiger partial charge in [0, 0.05) is 0 Å². The molecule has 2 rings (SSSR count). The van der Waals surface area contributed by atoms with E-state index < -0.39 is 4.58 Å². The van der Waals surface area contributed by atoms with Gasteiger partial charge >= 0.3 is 5.97 Å². The number of H-pyrrole nitrogens is 2. The molecule has 0 unspecified atom stereocenters. The summed E-state index contributed by atoms with van der Waals surface area (Å²) < 4.78 is 6.73. The molecule has 0 atom stereocenters. The van der Waals surface area contributed by atoms with E-state index in [9.17, 15) is 4.79 Å². The Morgan fingerprint density at radius 3 is 2.00 bits per heavy atom. The topological polar surface area (TPSA) is 83.7 Å². The van der Waals surface area contributed by atoms with Crippen molar-refractivity contribution in [3.8, 4) is 0 Å². The molecule has 0 saturated carbocycles. The van der Waals surface area contributed by atoms with Crippen LogP contribution in [0, 0.1) is 7.91 Å². The number of nitrogens with zero attached hydrogens (tertiary/aromatic N) is 2. The van der Waals surface area contributed by atoms with Crippen molar-refractivity contribution in [2.75, 3.05) is 7.11 Å². The quantitative estimate of drug-likeness (QED) is 0.359. The van der Waals surface area contributed by atoms with Crippen molar-refractivity contribution in [1.29, 1.82) is 0 Å². The zero-order valence-corrected chi connectivity index (χ0v) is 14.1. The molecule has 0 aliphatic rings. The molecule has 2 heterocycles. The summed E-state index contributed by atoms with van der Waals surface area (Å²) in [6.07, 6.45) is 0. The molecule has 0 spiro atoms. The van der Waals surface area contributed by atoms with Crippen LogP contribution in [-0.2, 0) is 9.53 Å². The molecule has 6 nitrogen and oxygen atoms in total. The Morgan fingerprint density at radius 1 is 1.21 bits per heavy atom. The number of aromatic amines is 2. The highest BCUT2D eigenvalue weighted by atomic mass is 32.2. The maximum Gasteiger partial charge on any atom is 0.329 e. The average Bonchev–Trinajstić information content (AvgIpc) is 2.97. The van der Waals surface area contributed by atoms with Gasteiger partial charge in [0.15, 0.2) is 21.2 Å². The van der Waals surface area contributed by atoms with Crippen molar-refractivity contribution < 1.29 is 9.53 Å². The fraction of sp³-hybridized carbons (Fsp3) is 0.286. The maximum atomic E-state index is 11.8. The van der Waals surface area contributed by atoms with Gasteiger partial charge in [0.05, 0.1) is 7.11 Å². The third kappa shape index (κ3) is 4.36. The lowest BCUT2D eigenvalue weighted by Gasteiger charge is -2.09. The number of esters is 1. The van der Waals surface area contributed by atoms with Crippen LogP contribution in [0.4, 0.5) is 0 Å². The zero-order chi connectivity index (χ0) is 13.8. The molecule has 0 aliphatic carbocycles. The predicted molar refractivity (Wildman–Crippen MR) is 82.1 cm³/mol. The van der Waals surface area contributed by atoms with Crippen LogP contribution in [-0.4, -0.2) is 38.1 Å². The molecular weight excluding hydrogens is 365 g/mol. The smallest absolute Gasteiger partial charge is 0.329 e. The Bertz CT molecular complexity index is 621. The number of aromatic nitrogens is 4. The normalized spacial score (nSPS) is 10.8. The Kier molecular flexibility index (Phi) is 5.53. The summed E-state index contributed by atoms with van der Waals surface area (Å²) in [5, 5.41) is 13.3. The zero-order valence-electron chi connectivity index (χ0n) is 9.24. The van der Waals surface area contributed by atoms with Gasteiger partial charge in [-0.15, -0.1) is 0 Å². The number of nitrogens with one attached hydrogen (secondary N) is 2. The number of ether oxygens (including phenoxy) is 1. The second-order valence-electron chi connectivity index (χ2n) is 2.85. The van der Waals surface area contributed by atoms with Crippen molar-refractivity contribution in [3.05, 3.63) is 7.91 Å². The fourth-order valence-corrected chi connectivity index (χ4v) is 6.01. The molecule has 0 bridgehead atoms. The number of hydrogen-bond acceptors (Lipinski definition) is 10. The van der Waals surface area contributed by atoms with Crippen LogP contribution in [0.25, 0.3) is 0 Å². The molecule has 19 heavy (non-hydrogen) atoms. The van der Waals surface area contributed by atoms with Crippen LogP contribution in [0.1, 0.15) is 0 Å². The standard InChI is InChI=1S/C7H6N4O2S6/c1-13-2(12)3(16-6-10-8-4(14)18-6)17-7-11-9-5(15)19-7/h3H,1H3,(H,8,14)(H,9,15). The summed E-state index contributed by atoms with van der Waals surface area (Å²) in [5.41, 5.74) is 0. The first-order chi connectivity index (χ1) is 9.08. The predicted octanol–water partition coefficient (Wildman–Crippen LogP) is 3.10. The third-order valence-corrected chi connectivity index (χ3v) is 6.47. The van der Waals surface area contributed by atoms with Crippen LogP contribution >= 0.6 is 70.6 Å². The Labute approximate surface area is 134 Å². The van der Waals surface area contributed by atoms with Gasteiger partial charge in [0.25, 0.3) is 0 Å². The maximum absolute atomic E-state index is 11.8. The van der Waals surface area contributed by atoms with E-state index in [4.69, 9.17) is 29.2 Å². The minimum atomic E-state index is -0.507. The van der Waals surface area contributed by atoms with Gasteiger partial charge in [-0.25, -0.2) is 4.79 Å². The van der Waals surface area contributed by atoms with E-state index in [1.54, 1.807) is 0 Å². The van der Waals surface area contributed by atoms with Crippen molar-refractivity contribution in [2.45, 2.75) is 13.3 Å². The largest absolute Gasteiger partial charge is 0.468 e. The van der Waals surface area contributed by atoms with Gasteiger partial charge in [0.1, 0.15) is 0 Å². The molecular formula is C7H6N4O2S6. The van der Waals surface area contributed by atoms with Gasteiger partial charge in [-0.3, -0.25) is 10.2 Å². The van der Waals surface area contributed by atoms with Gasteiger partial charge < -0.3 is 4.74 Å². The molecule has 0 amide bonds. The van der Waals surface area contributed by atoms with Crippen LogP contribution < -0.4 is 0 Å². The molecule has 2 aromatic heterocycles. The van der Waals surface area contributed by atoms with E-state index in [1.807, 2.05) is 0 Å². The second kappa shape index (κ2) is 6.95. The minimum Gasteiger partial charge on any atom is -0.468 e. The van der Waals surface area contributed by atoms with Crippen molar-refractivity contribution in [2.24, 2.45) is 0 Å². The van der Waals surface area contributed by atoms with Gasteiger partial charge in [0.2, 0.25) is 0 Å². The van der Waals surface area contributed by atoms with E-state index in [2.05, 4.69) is 20.4 Å². The molecule has 102 valence electrons. The molecule has 0 aliphatic heterocycles. The van der Waals surface area contributed by atoms with E-state index in [0.717, 1.165) is 0 Å². The van der Waals surface area contributed by atoms with Crippen LogP contribution in [0.15, 0.2) is 8.68 Å². The van der Waals surface area contributed by atoms with Gasteiger partial charge in [-0.2, -0.15) is 10.2 Å². The van der Waals surface area contributed by atoms with E-state index in [-0.39, 0.29) is 5.97 Å². The molecule has 0 fully saturated rings. The summed E-state index contributed by atoms with van der Waals surface area (Å²) in [6, 6.07) is 0. The lowest BCUT2D eigenvalue weighted by Crippen LogP contribution is -2.14. The molecule has 2 aromatic rings. The minimum absolute atomic E-state index is 0.364. The fourth-order valence-electron chi connectivity index (χ4n) is 0.933. The lowest BCUT2D eigenvalue weighted by molar-refractivity contribution is -0.138. The Hall–Kier alpha value is -0.270. The summed E-state index contributed by atoms with van der Waals surface area (Å²) in [4.78, 5) is 11.8. The number of hydrogen-bond donors (Lipinski definition) is 2. The van der Waals surface area contributed by atoms with Crippen LogP contribution in [0.3, 0.4) is 0 Å².